The minimum atomic E-state index is -1.14. The number of alkyl halides is 1. The molecule has 0 N–H and O–H groups in total. The standard InChI is InChI=1S/C15H21F3O2/c1-11(2)5-3-4-9-19-12-6-7-13(20-10-8-16)15(18)14(12)17/h6-7,11H,3-5,8-10H2,1-2H3. The fourth-order valence-corrected chi connectivity index (χ4v) is 1.72. The highest BCUT2D eigenvalue weighted by molar-refractivity contribution is 5.35. The zero-order valence-electron chi connectivity index (χ0n) is 11.9. The molecule has 114 valence electrons. The second kappa shape index (κ2) is 8.72. The van der Waals surface area contributed by atoms with E-state index in [-0.39, 0.29) is 18.1 Å². The van der Waals surface area contributed by atoms with E-state index in [1.165, 1.54) is 12.1 Å². The van der Waals surface area contributed by atoms with Gasteiger partial charge in [0.1, 0.15) is 13.3 Å². The molecule has 2 nitrogen and oxygen atoms in total. The molecule has 0 saturated heterocycles. The average Bonchev–Trinajstić information content (AvgIpc) is 2.41. The Morgan fingerprint density at radius 2 is 1.50 bits per heavy atom. The smallest absolute Gasteiger partial charge is 0.204 e. The molecule has 0 unspecified atom stereocenters. The molecule has 0 aliphatic rings. The van der Waals surface area contributed by atoms with E-state index in [2.05, 4.69) is 13.8 Å². The van der Waals surface area contributed by atoms with Gasteiger partial charge in [-0.25, -0.2) is 4.39 Å². The number of benzene rings is 1. The van der Waals surface area contributed by atoms with E-state index < -0.39 is 18.3 Å². The molecular weight excluding hydrogens is 269 g/mol. The zero-order chi connectivity index (χ0) is 15.0. The number of halogens is 3. The molecule has 1 aromatic carbocycles. The largest absolute Gasteiger partial charge is 0.490 e. The molecule has 0 bridgehead atoms. The maximum absolute atomic E-state index is 13.7. The zero-order valence-corrected chi connectivity index (χ0v) is 11.9. The average molecular weight is 290 g/mol. The van der Waals surface area contributed by atoms with Gasteiger partial charge in [-0.3, -0.25) is 0 Å². The predicted molar refractivity (Wildman–Crippen MR) is 72.0 cm³/mol. The summed E-state index contributed by atoms with van der Waals surface area (Å²) < 4.78 is 49.1. The fraction of sp³-hybridized carbons (Fsp3) is 0.600. The van der Waals surface area contributed by atoms with Crippen molar-refractivity contribution in [1.82, 2.24) is 0 Å². The lowest BCUT2D eigenvalue weighted by Gasteiger charge is -2.11. The van der Waals surface area contributed by atoms with Crippen molar-refractivity contribution in [3.63, 3.8) is 0 Å². The van der Waals surface area contributed by atoms with E-state index in [0.29, 0.717) is 12.5 Å². The fourth-order valence-electron chi connectivity index (χ4n) is 1.72. The summed E-state index contributed by atoms with van der Waals surface area (Å²) in [4.78, 5) is 0. The lowest BCUT2D eigenvalue weighted by molar-refractivity contribution is 0.251. The van der Waals surface area contributed by atoms with Crippen LogP contribution in [0.5, 0.6) is 11.5 Å². The molecule has 5 heteroatoms. The maximum Gasteiger partial charge on any atom is 0.204 e. The molecule has 0 atom stereocenters. The minimum Gasteiger partial charge on any atom is -0.490 e. The molecule has 1 rings (SSSR count). The van der Waals surface area contributed by atoms with Gasteiger partial charge in [-0.05, 0) is 30.9 Å². The van der Waals surface area contributed by atoms with Crippen molar-refractivity contribution in [3.05, 3.63) is 23.8 Å². The number of ether oxygens (including phenoxy) is 2. The van der Waals surface area contributed by atoms with E-state index >= 15 is 0 Å². The van der Waals surface area contributed by atoms with Crippen molar-refractivity contribution >= 4 is 0 Å². The van der Waals surface area contributed by atoms with Crippen molar-refractivity contribution in [2.24, 2.45) is 5.92 Å². The lowest BCUT2D eigenvalue weighted by atomic mass is 10.1. The molecule has 1 aromatic rings. The molecular formula is C15H21F3O2. The Balaban J connectivity index is 2.48. The van der Waals surface area contributed by atoms with Crippen LogP contribution in [0.4, 0.5) is 13.2 Å². The third-order valence-electron chi connectivity index (χ3n) is 2.78. The number of hydrogen-bond donors (Lipinski definition) is 0. The van der Waals surface area contributed by atoms with E-state index in [0.717, 1.165) is 19.3 Å². The molecule has 0 aromatic heterocycles. The topological polar surface area (TPSA) is 18.5 Å². The van der Waals surface area contributed by atoms with Crippen molar-refractivity contribution in [3.8, 4) is 11.5 Å². The van der Waals surface area contributed by atoms with E-state index in [4.69, 9.17) is 9.47 Å². The molecule has 0 saturated carbocycles. The van der Waals surface area contributed by atoms with Gasteiger partial charge in [0.25, 0.3) is 0 Å². The summed E-state index contributed by atoms with van der Waals surface area (Å²) in [7, 11) is 0. The maximum atomic E-state index is 13.7. The third-order valence-corrected chi connectivity index (χ3v) is 2.78. The van der Waals surface area contributed by atoms with Gasteiger partial charge in [0.15, 0.2) is 11.5 Å². The highest BCUT2D eigenvalue weighted by Crippen LogP contribution is 2.27. The van der Waals surface area contributed by atoms with Gasteiger partial charge < -0.3 is 9.47 Å². The van der Waals surface area contributed by atoms with Gasteiger partial charge in [0, 0.05) is 0 Å². The molecule has 0 spiro atoms. The third kappa shape index (κ3) is 5.31. The number of rotatable bonds is 9. The van der Waals surface area contributed by atoms with E-state index in [1.54, 1.807) is 0 Å². The summed E-state index contributed by atoms with van der Waals surface area (Å²) in [6.45, 7) is 3.55. The molecule has 0 aliphatic carbocycles. The van der Waals surface area contributed by atoms with Gasteiger partial charge in [-0.15, -0.1) is 0 Å². The summed E-state index contributed by atoms with van der Waals surface area (Å²) in [5, 5.41) is 0. The summed E-state index contributed by atoms with van der Waals surface area (Å²) in [5.74, 6) is -2.05. The van der Waals surface area contributed by atoms with Crippen LogP contribution in [-0.4, -0.2) is 19.9 Å². The summed E-state index contributed by atoms with van der Waals surface area (Å²) in [5.41, 5.74) is 0. The number of unbranched alkanes of at least 4 members (excludes halogenated alkanes) is 1. The van der Waals surface area contributed by atoms with Crippen molar-refractivity contribution in [1.29, 1.82) is 0 Å². The SMILES string of the molecule is CC(C)CCCCOc1ccc(OCCF)c(F)c1F. The Hall–Kier alpha value is -1.39. The Morgan fingerprint density at radius 1 is 0.950 bits per heavy atom. The van der Waals surface area contributed by atoms with Crippen LogP contribution in [0.1, 0.15) is 33.1 Å². The van der Waals surface area contributed by atoms with Crippen LogP contribution < -0.4 is 9.47 Å². The van der Waals surface area contributed by atoms with Crippen molar-refractivity contribution in [2.45, 2.75) is 33.1 Å². The van der Waals surface area contributed by atoms with Crippen LogP contribution in [0.25, 0.3) is 0 Å². The Kier molecular flexibility index (Phi) is 7.26. The molecule has 0 aliphatic heterocycles. The quantitative estimate of drug-likeness (QED) is 0.623. The van der Waals surface area contributed by atoms with Gasteiger partial charge in [0.2, 0.25) is 11.6 Å². The van der Waals surface area contributed by atoms with Crippen LogP contribution in [-0.2, 0) is 0 Å². The second-order valence-corrected chi connectivity index (χ2v) is 4.97. The Bertz CT molecular complexity index is 408. The summed E-state index contributed by atoms with van der Waals surface area (Å²) in [6, 6.07) is 2.55. The van der Waals surface area contributed by atoms with Gasteiger partial charge in [0.05, 0.1) is 6.61 Å². The van der Waals surface area contributed by atoms with Crippen molar-refractivity contribution in [2.75, 3.05) is 19.9 Å². The van der Waals surface area contributed by atoms with Crippen LogP contribution in [0, 0.1) is 17.6 Å². The van der Waals surface area contributed by atoms with Crippen molar-refractivity contribution < 1.29 is 22.6 Å². The van der Waals surface area contributed by atoms with E-state index in [9.17, 15) is 13.2 Å². The summed E-state index contributed by atoms with van der Waals surface area (Å²) in [6.07, 6.45) is 2.86. The molecule has 0 radical (unpaired) electrons. The monoisotopic (exact) mass is 290 g/mol. The first-order valence-electron chi connectivity index (χ1n) is 6.85. The molecule has 20 heavy (non-hydrogen) atoms. The first kappa shape index (κ1) is 16.7. The van der Waals surface area contributed by atoms with Crippen LogP contribution in [0.3, 0.4) is 0 Å². The first-order valence-corrected chi connectivity index (χ1v) is 6.85. The highest BCUT2D eigenvalue weighted by atomic mass is 19.2. The van der Waals surface area contributed by atoms with Gasteiger partial charge in [-0.2, -0.15) is 8.78 Å². The van der Waals surface area contributed by atoms with Crippen LogP contribution >= 0.6 is 0 Å². The normalized spacial score (nSPS) is 10.9. The van der Waals surface area contributed by atoms with Gasteiger partial charge >= 0.3 is 0 Å². The minimum absolute atomic E-state index is 0.139. The lowest BCUT2D eigenvalue weighted by Crippen LogP contribution is -2.05. The Morgan fingerprint density at radius 3 is 2.00 bits per heavy atom. The first-order chi connectivity index (χ1) is 9.56. The highest BCUT2D eigenvalue weighted by Gasteiger charge is 2.15. The molecule has 0 amide bonds. The van der Waals surface area contributed by atoms with Gasteiger partial charge in [-0.1, -0.05) is 20.3 Å². The van der Waals surface area contributed by atoms with E-state index in [1.807, 2.05) is 0 Å². The molecule has 0 fully saturated rings. The van der Waals surface area contributed by atoms with Crippen LogP contribution in [0.15, 0.2) is 12.1 Å². The summed E-state index contributed by atoms with van der Waals surface area (Å²) >= 11 is 0. The number of hydrogen-bond acceptors (Lipinski definition) is 2. The predicted octanol–water partition coefficient (Wildman–Crippen LogP) is 4.52. The van der Waals surface area contributed by atoms with Crippen LogP contribution in [0.2, 0.25) is 0 Å². The second-order valence-electron chi connectivity index (χ2n) is 4.97. The molecule has 0 heterocycles. The Labute approximate surface area is 117 Å².